The van der Waals surface area contributed by atoms with Crippen LogP contribution in [-0.2, 0) is 35.5 Å². The van der Waals surface area contributed by atoms with Crippen LogP contribution in [0.3, 0.4) is 0 Å². The van der Waals surface area contributed by atoms with Crippen molar-refractivity contribution in [1.29, 1.82) is 0 Å². The van der Waals surface area contributed by atoms with Crippen molar-refractivity contribution in [2.75, 3.05) is 0 Å². The second kappa shape index (κ2) is 14.5. The molecule has 56 heavy (non-hydrogen) atoms. The molecule has 0 aromatic heterocycles. The Morgan fingerprint density at radius 1 is 0.750 bits per heavy atom. The maximum absolute atomic E-state index is 6.73. The van der Waals surface area contributed by atoms with Gasteiger partial charge in [0.25, 0.3) is 0 Å². The summed E-state index contributed by atoms with van der Waals surface area (Å²) in [5.41, 5.74) is 15.4. The zero-order chi connectivity index (χ0) is 38.8. The fourth-order valence-corrected chi connectivity index (χ4v) is 30.5. The standard InChI is InChI=1S/C25H25.C13H21.2C6H4Cl.CH2.2ClH.Zr/c1-14-12-24(3,4)22-8-16-7-17-9-23-19(15(2)13-25(23,5)6)11-21(17)20(16)10-18(14)22;1-5-6-7-11-8-9-12(10-11)13(2,3)4;2*7-6-4-2-1-3-5-6;;;;/h8-12H,7H2,1-6H3;9-11H,5-7H2,1-4H3;2*2-5H;1H2;2*1H;. The van der Waals surface area contributed by atoms with Gasteiger partial charge in [-0.1, -0.05) is 0 Å². The molecule has 1 atom stereocenters. The van der Waals surface area contributed by atoms with Crippen LogP contribution < -0.4 is 6.54 Å². The molecule has 0 bridgehead atoms. The number of benzene rings is 4. The molecular formula is C51H58Cl4Zr. The Morgan fingerprint density at radius 3 is 1.79 bits per heavy atom. The quantitative estimate of drug-likeness (QED) is 0.153. The zero-order valence-corrected chi connectivity index (χ0v) is 40.4. The van der Waals surface area contributed by atoms with Gasteiger partial charge in [0.05, 0.1) is 0 Å². The van der Waals surface area contributed by atoms with Crippen LogP contribution in [-0.4, -0.2) is 4.21 Å². The topological polar surface area (TPSA) is 0 Å². The van der Waals surface area contributed by atoms with Crippen LogP contribution in [0.25, 0.3) is 22.3 Å². The Labute approximate surface area is 360 Å². The SMILES string of the molecule is Cl.Cl.[CH2]=[Zr]([C]1=CC(C(C)(C)C)=CC1CCCC)([C]1=C(C)c2cc3c(cc2C1(C)C)Cc1cc2c(cc1-3)C(C)=CC2(C)C)([c]1ccc(Cl)cc1)[c]1ccc(Cl)cc1. The van der Waals surface area contributed by atoms with E-state index in [1.54, 1.807) is 6.56 Å². The number of halogens is 4. The molecule has 0 aliphatic heterocycles. The molecule has 0 amide bonds. The Morgan fingerprint density at radius 2 is 1.27 bits per heavy atom. The first-order chi connectivity index (χ1) is 25.3. The monoisotopic (exact) mass is 900 g/mol. The number of allylic oxidation sites excluding steroid dienone is 8. The van der Waals surface area contributed by atoms with Gasteiger partial charge in [0.1, 0.15) is 0 Å². The van der Waals surface area contributed by atoms with E-state index < -0.39 is 18.3 Å². The summed E-state index contributed by atoms with van der Waals surface area (Å²) in [5, 5.41) is 1.51. The van der Waals surface area contributed by atoms with Crippen LogP contribution in [0.4, 0.5) is 0 Å². The summed E-state index contributed by atoms with van der Waals surface area (Å²) in [7, 11) is 0. The van der Waals surface area contributed by atoms with Crippen LogP contribution in [0, 0.1) is 11.3 Å². The predicted octanol–water partition coefficient (Wildman–Crippen LogP) is 14.6. The molecule has 4 aromatic carbocycles. The molecule has 0 N–H and O–H groups in total. The molecule has 5 heteroatoms. The van der Waals surface area contributed by atoms with Gasteiger partial charge in [-0.25, -0.2) is 0 Å². The molecule has 8 rings (SSSR count). The van der Waals surface area contributed by atoms with Gasteiger partial charge in [-0.3, -0.25) is 0 Å². The van der Waals surface area contributed by atoms with Gasteiger partial charge in [-0.2, -0.15) is 0 Å². The zero-order valence-electron chi connectivity index (χ0n) is 34.8. The molecule has 1 unspecified atom stereocenters. The van der Waals surface area contributed by atoms with E-state index in [-0.39, 0.29) is 41.1 Å². The van der Waals surface area contributed by atoms with E-state index in [0.717, 1.165) is 29.3 Å². The van der Waals surface area contributed by atoms with Crippen molar-refractivity contribution in [3.05, 3.63) is 147 Å². The van der Waals surface area contributed by atoms with Crippen molar-refractivity contribution in [2.24, 2.45) is 11.3 Å². The number of rotatable bonds is 7. The van der Waals surface area contributed by atoms with Crippen LogP contribution in [0.15, 0.2) is 103 Å². The summed E-state index contributed by atoms with van der Waals surface area (Å²) in [6.07, 6.45) is 12.1. The first-order valence-electron chi connectivity index (χ1n) is 20.1. The van der Waals surface area contributed by atoms with Crippen molar-refractivity contribution in [2.45, 2.75) is 106 Å². The fourth-order valence-electron chi connectivity index (χ4n) is 11.4. The average Bonchev–Trinajstić information content (AvgIpc) is 3.81. The van der Waals surface area contributed by atoms with Gasteiger partial charge >= 0.3 is 338 Å². The predicted molar refractivity (Wildman–Crippen MR) is 249 cm³/mol. The molecule has 4 aliphatic carbocycles. The molecular weight excluding hydrogens is 846 g/mol. The number of unbranched alkanes of at least 4 members (excludes halogenated alkanes) is 1. The molecule has 0 radical (unpaired) electrons. The van der Waals surface area contributed by atoms with Crippen molar-refractivity contribution in [3.8, 4) is 11.1 Å². The number of fused-ring (bicyclic) bond motifs is 5. The summed E-state index contributed by atoms with van der Waals surface area (Å²) in [6.45, 7) is 23.8. The molecule has 0 saturated carbocycles. The first-order valence-corrected chi connectivity index (χ1v) is 27.5. The second-order valence-electron chi connectivity index (χ2n) is 19.2. The van der Waals surface area contributed by atoms with E-state index in [4.69, 9.17) is 27.4 Å². The minimum absolute atomic E-state index is 0. The van der Waals surface area contributed by atoms with Crippen LogP contribution >= 0.6 is 48.0 Å². The third-order valence-corrected chi connectivity index (χ3v) is 31.9. The van der Waals surface area contributed by atoms with Gasteiger partial charge < -0.3 is 0 Å². The maximum atomic E-state index is 6.73. The van der Waals surface area contributed by atoms with Gasteiger partial charge in [0.2, 0.25) is 0 Å². The molecule has 0 spiro atoms. The molecule has 294 valence electrons. The van der Waals surface area contributed by atoms with Crippen molar-refractivity contribution >= 4 is 69.9 Å². The van der Waals surface area contributed by atoms with E-state index in [1.807, 2.05) is 0 Å². The Hall–Kier alpha value is -2.25. The van der Waals surface area contributed by atoms with E-state index in [2.05, 4.69) is 160 Å². The first kappa shape index (κ1) is 43.3. The average molecular weight is 904 g/mol. The fraction of sp³-hybridized carbons (Fsp3) is 0.353. The van der Waals surface area contributed by atoms with Crippen LogP contribution in [0.1, 0.15) is 122 Å². The molecule has 4 aromatic rings. The van der Waals surface area contributed by atoms with E-state index >= 15 is 0 Å². The Kier molecular flexibility index (Phi) is 11.2. The molecule has 4 aliphatic rings. The van der Waals surface area contributed by atoms with E-state index in [1.165, 1.54) is 74.2 Å². The van der Waals surface area contributed by atoms with Gasteiger partial charge in [-0.15, -0.1) is 24.8 Å². The van der Waals surface area contributed by atoms with Crippen LogP contribution in [0.2, 0.25) is 10.0 Å². The molecule has 0 nitrogen and oxygen atoms in total. The third-order valence-electron chi connectivity index (χ3n) is 13.9. The Bertz CT molecular complexity index is 2410. The van der Waals surface area contributed by atoms with Crippen LogP contribution in [0.5, 0.6) is 0 Å². The summed E-state index contributed by atoms with van der Waals surface area (Å²) in [6, 6.07) is 27.9. The molecule has 0 saturated heterocycles. The van der Waals surface area contributed by atoms with E-state index in [9.17, 15) is 0 Å². The minimum atomic E-state index is -5.17. The van der Waals surface area contributed by atoms with Crippen molar-refractivity contribution in [3.63, 3.8) is 0 Å². The van der Waals surface area contributed by atoms with Gasteiger partial charge in [-0.05, 0) is 0 Å². The number of hydrogen-bond acceptors (Lipinski definition) is 0. The summed E-state index contributed by atoms with van der Waals surface area (Å²) in [4.78, 5) is 0. The summed E-state index contributed by atoms with van der Waals surface area (Å²) >= 11 is 8.30. The second-order valence-corrected chi connectivity index (χ2v) is 32.7. The summed E-state index contributed by atoms with van der Waals surface area (Å²) < 4.78 is 11.7. The number of hydrogen-bond donors (Lipinski definition) is 0. The normalized spacial score (nSPS) is 18.9. The third kappa shape index (κ3) is 6.19. The van der Waals surface area contributed by atoms with Crippen molar-refractivity contribution < 1.29 is 18.3 Å². The van der Waals surface area contributed by atoms with Crippen molar-refractivity contribution in [1.82, 2.24) is 0 Å². The Balaban J connectivity index is 0.00000266. The van der Waals surface area contributed by atoms with Gasteiger partial charge in [0.15, 0.2) is 0 Å². The summed E-state index contributed by atoms with van der Waals surface area (Å²) in [5.74, 6) is 0.299. The van der Waals surface area contributed by atoms with E-state index in [0.29, 0.717) is 5.92 Å². The molecule has 0 fully saturated rings. The van der Waals surface area contributed by atoms with Gasteiger partial charge in [0, 0.05) is 0 Å². The molecule has 0 heterocycles.